The maximum absolute atomic E-state index is 12.9. The SMILES string of the molecule is CCN(C#CCCl)C(=O)c1cc(Oc2c(Cl)cc(C(F)(F)F)cc2Cl)ccc1[N+](=O)[O-]. The Morgan fingerprint density at radius 1 is 1.23 bits per heavy atom. The van der Waals surface area contributed by atoms with E-state index in [4.69, 9.17) is 39.5 Å². The van der Waals surface area contributed by atoms with Crippen molar-refractivity contribution in [3.05, 3.63) is 61.6 Å². The summed E-state index contributed by atoms with van der Waals surface area (Å²) >= 11 is 17.2. The van der Waals surface area contributed by atoms with Gasteiger partial charge in [-0.05, 0) is 25.1 Å². The predicted octanol–water partition coefficient (Wildman–Crippen LogP) is 6.37. The van der Waals surface area contributed by atoms with Crippen molar-refractivity contribution < 1.29 is 27.6 Å². The van der Waals surface area contributed by atoms with E-state index in [0.29, 0.717) is 12.1 Å². The first kappa shape index (κ1) is 24.6. The number of nitrogens with zero attached hydrogens (tertiary/aromatic N) is 2. The van der Waals surface area contributed by atoms with Crippen molar-refractivity contribution in [3.8, 4) is 23.5 Å². The van der Waals surface area contributed by atoms with Crippen molar-refractivity contribution in [1.29, 1.82) is 0 Å². The van der Waals surface area contributed by atoms with Crippen molar-refractivity contribution >= 4 is 46.4 Å². The molecule has 0 aromatic heterocycles. The molecule has 6 nitrogen and oxygen atoms in total. The van der Waals surface area contributed by atoms with Gasteiger partial charge in [0.15, 0.2) is 5.75 Å². The van der Waals surface area contributed by atoms with E-state index in [-0.39, 0.29) is 29.5 Å². The van der Waals surface area contributed by atoms with Crippen LogP contribution in [-0.2, 0) is 6.18 Å². The Kier molecular flexibility index (Phi) is 8.01. The number of halogens is 6. The molecule has 2 rings (SSSR count). The van der Waals surface area contributed by atoms with E-state index in [1.54, 1.807) is 6.92 Å². The van der Waals surface area contributed by atoms with Gasteiger partial charge in [0.25, 0.3) is 11.6 Å². The number of hydrogen-bond donors (Lipinski definition) is 0. The van der Waals surface area contributed by atoms with Crippen LogP contribution in [0.5, 0.6) is 11.5 Å². The fourth-order valence-electron chi connectivity index (χ4n) is 2.39. The average molecular weight is 496 g/mol. The van der Waals surface area contributed by atoms with Gasteiger partial charge in [0.05, 0.1) is 26.4 Å². The summed E-state index contributed by atoms with van der Waals surface area (Å²) in [6, 6.07) is 6.95. The molecule has 0 saturated heterocycles. The predicted molar refractivity (Wildman–Crippen MR) is 110 cm³/mol. The molecule has 1 amide bonds. The fraction of sp³-hybridized carbons (Fsp3) is 0.211. The number of hydrogen-bond acceptors (Lipinski definition) is 4. The molecule has 0 N–H and O–H groups in total. The van der Waals surface area contributed by atoms with Gasteiger partial charge in [-0.25, -0.2) is 0 Å². The maximum atomic E-state index is 12.9. The summed E-state index contributed by atoms with van der Waals surface area (Å²) in [4.78, 5) is 24.3. The van der Waals surface area contributed by atoms with Crippen LogP contribution in [0.1, 0.15) is 22.8 Å². The molecular weight excluding hydrogens is 484 g/mol. The summed E-state index contributed by atoms with van der Waals surface area (Å²) in [6.07, 6.45) is -4.67. The molecule has 0 radical (unpaired) electrons. The number of ether oxygens (including phenoxy) is 1. The highest BCUT2D eigenvalue weighted by molar-refractivity contribution is 6.37. The summed E-state index contributed by atoms with van der Waals surface area (Å²) in [5.41, 5.74) is -1.95. The summed E-state index contributed by atoms with van der Waals surface area (Å²) < 4.78 is 44.1. The highest BCUT2D eigenvalue weighted by atomic mass is 35.5. The highest BCUT2D eigenvalue weighted by Crippen LogP contribution is 2.42. The first-order valence-corrected chi connectivity index (χ1v) is 9.67. The van der Waals surface area contributed by atoms with Gasteiger partial charge in [-0.15, -0.1) is 11.6 Å². The van der Waals surface area contributed by atoms with Gasteiger partial charge in [0.1, 0.15) is 11.3 Å². The molecule has 0 heterocycles. The van der Waals surface area contributed by atoms with Gasteiger partial charge in [-0.2, -0.15) is 13.2 Å². The summed E-state index contributed by atoms with van der Waals surface area (Å²) in [5, 5.41) is 10.5. The van der Waals surface area contributed by atoms with Crippen LogP contribution in [0.2, 0.25) is 10.0 Å². The summed E-state index contributed by atoms with van der Waals surface area (Å²) in [6.45, 7) is 1.72. The molecule has 0 spiro atoms. The van der Waals surface area contributed by atoms with Gasteiger partial charge < -0.3 is 4.74 Å². The Bertz CT molecular complexity index is 1060. The molecule has 0 aliphatic carbocycles. The molecule has 0 bridgehead atoms. The second-order valence-electron chi connectivity index (χ2n) is 5.78. The lowest BCUT2D eigenvalue weighted by molar-refractivity contribution is -0.385. The van der Waals surface area contributed by atoms with E-state index in [9.17, 15) is 28.1 Å². The lowest BCUT2D eigenvalue weighted by atomic mass is 10.1. The third-order valence-corrected chi connectivity index (χ3v) is 4.48. The number of rotatable bonds is 5. The maximum Gasteiger partial charge on any atom is 0.416 e. The number of amides is 1. The van der Waals surface area contributed by atoms with Crippen LogP contribution in [0, 0.1) is 22.1 Å². The Morgan fingerprint density at radius 3 is 2.32 bits per heavy atom. The molecule has 0 saturated carbocycles. The van der Waals surface area contributed by atoms with Crippen LogP contribution in [0.25, 0.3) is 0 Å². The summed E-state index contributed by atoms with van der Waals surface area (Å²) in [5.74, 6) is 1.21. The highest BCUT2D eigenvalue weighted by Gasteiger charge is 2.32. The Hall–Kier alpha value is -2.67. The Morgan fingerprint density at radius 2 is 1.84 bits per heavy atom. The molecule has 0 aliphatic heterocycles. The number of nitro groups is 1. The van der Waals surface area contributed by atoms with Crippen LogP contribution in [0.15, 0.2) is 30.3 Å². The first-order valence-electron chi connectivity index (χ1n) is 8.38. The van der Waals surface area contributed by atoms with Crippen LogP contribution < -0.4 is 4.74 Å². The quantitative estimate of drug-likeness (QED) is 0.159. The number of carbonyl (C=O) groups is 1. The van der Waals surface area contributed by atoms with E-state index in [0.717, 1.165) is 23.1 Å². The zero-order valence-electron chi connectivity index (χ0n) is 15.6. The molecule has 0 aliphatic rings. The Balaban J connectivity index is 2.50. The molecule has 12 heteroatoms. The molecule has 164 valence electrons. The van der Waals surface area contributed by atoms with Crippen molar-refractivity contribution in [2.75, 3.05) is 12.4 Å². The van der Waals surface area contributed by atoms with E-state index in [2.05, 4.69) is 12.0 Å². The van der Waals surface area contributed by atoms with Crippen molar-refractivity contribution in [2.45, 2.75) is 13.1 Å². The van der Waals surface area contributed by atoms with Gasteiger partial charge in [-0.1, -0.05) is 29.1 Å². The molecule has 2 aromatic rings. The van der Waals surface area contributed by atoms with Gasteiger partial charge in [0.2, 0.25) is 0 Å². The average Bonchev–Trinajstić information content (AvgIpc) is 2.69. The molecule has 2 aromatic carbocycles. The minimum absolute atomic E-state index is 0.0556. The number of nitro benzene ring substituents is 1. The van der Waals surface area contributed by atoms with Gasteiger partial charge in [-0.3, -0.25) is 19.8 Å². The van der Waals surface area contributed by atoms with Crippen molar-refractivity contribution in [3.63, 3.8) is 0 Å². The van der Waals surface area contributed by atoms with E-state index in [1.165, 1.54) is 0 Å². The topological polar surface area (TPSA) is 72.7 Å². The lowest BCUT2D eigenvalue weighted by Crippen LogP contribution is -2.26. The van der Waals surface area contributed by atoms with Crippen molar-refractivity contribution in [2.24, 2.45) is 0 Å². The van der Waals surface area contributed by atoms with Crippen molar-refractivity contribution in [1.82, 2.24) is 4.90 Å². The van der Waals surface area contributed by atoms with Crippen LogP contribution in [0.4, 0.5) is 18.9 Å². The summed E-state index contributed by atoms with van der Waals surface area (Å²) in [7, 11) is 0. The monoisotopic (exact) mass is 494 g/mol. The van der Waals surface area contributed by atoms with Crippen LogP contribution in [-0.4, -0.2) is 28.2 Å². The van der Waals surface area contributed by atoms with Gasteiger partial charge in [0, 0.05) is 24.7 Å². The molecule has 0 atom stereocenters. The number of benzene rings is 2. The van der Waals surface area contributed by atoms with E-state index < -0.39 is 38.3 Å². The largest absolute Gasteiger partial charge is 0.454 e. The molecule has 31 heavy (non-hydrogen) atoms. The number of alkyl halides is 4. The van der Waals surface area contributed by atoms with Crippen LogP contribution in [0.3, 0.4) is 0 Å². The molecule has 0 unspecified atom stereocenters. The molecule has 0 fully saturated rings. The minimum Gasteiger partial charge on any atom is -0.454 e. The first-order chi connectivity index (χ1) is 14.5. The van der Waals surface area contributed by atoms with Crippen LogP contribution >= 0.6 is 34.8 Å². The number of carbonyl (C=O) groups excluding carboxylic acids is 1. The van der Waals surface area contributed by atoms with E-state index in [1.807, 2.05) is 0 Å². The van der Waals surface area contributed by atoms with Gasteiger partial charge >= 0.3 is 6.18 Å². The third kappa shape index (κ3) is 5.94. The fourth-order valence-corrected chi connectivity index (χ4v) is 3.02. The zero-order valence-corrected chi connectivity index (χ0v) is 17.9. The van der Waals surface area contributed by atoms with E-state index >= 15 is 0 Å². The standard InChI is InChI=1S/C19H12Cl3F3N2O4/c1-2-26(7-3-6-20)18(28)13-10-12(4-5-16(13)27(29)30)31-17-14(21)8-11(9-15(17)22)19(23,24)25/h4-5,8-10H,2,6H2,1H3. The smallest absolute Gasteiger partial charge is 0.416 e. The Labute approximate surface area is 189 Å². The zero-order chi connectivity index (χ0) is 23.3. The lowest BCUT2D eigenvalue weighted by Gasteiger charge is -2.15. The molecular formula is C19H12Cl3F3N2O4. The second kappa shape index (κ2) is 10.1. The normalized spacial score (nSPS) is 10.8. The third-order valence-electron chi connectivity index (χ3n) is 3.78. The minimum atomic E-state index is -4.67. The second-order valence-corrected chi connectivity index (χ2v) is 6.86.